The average molecular weight is 399 g/mol. The third kappa shape index (κ3) is 1.85. The standard InChI is InChI=1S/C13H5Br2NO4/c14-6-1-2-10-8(3-6)11(18)12(19)16(10)13-9(15)4-7(5-17)20-13/h1-5H. The van der Waals surface area contributed by atoms with Crippen LogP contribution in [0.25, 0.3) is 0 Å². The highest BCUT2D eigenvalue weighted by Gasteiger charge is 2.39. The van der Waals surface area contributed by atoms with E-state index in [0.29, 0.717) is 26.5 Å². The first-order chi connectivity index (χ1) is 9.52. The number of hydrogen-bond donors (Lipinski definition) is 0. The number of Topliss-reactive ketones (excluding diaryl/α,β-unsaturated/α-hetero) is 1. The fraction of sp³-hybridized carbons (Fsp3) is 0. The van der Waals surface area contributed by atoms with Gasteiger partial charge in [0.1, 0.15) is 0 Å². The molecule has 1 aromatic heterocycles. The van der Waals surface area contributed by atoms with Crippen molar-refractivity contribution in [2.24, 2.45) is 0 Å². The van der Waals surface area contributed by atoms with E-state index >= 15 is 0 Å². The quantitative estimate of drug-likeness (QED) is 0.573. The Balaban J connectivity index is 2.20. The van der Waals surface area contributed by atoms with Crippen LogP contribution in [0.15, 0.2) is 37.6 Å². The summed E-state index contributed by atoms with van der Waals surface area (Å²) in [6.45, 7) is 0. The highest BCUT2D eigenvalue weighted by Crippen LogP contribution is 2.41. The van der Waals surface area contributed by atoms with Crippen LogP contribution in [-0.2, 0) is 4.79 Å². The molecule has 0 fully saturated rings. The number of carbonyl (C=O) groups is 3. The van der Waals surface area contributed by atoms with Crippen LogP contribution in [0.3, 0.4) is 0 Å². The van der Waals surface area contributed by atoms with Gasteiger partial charge in [0.25, 0.3) is 5.78 Å². The van der Waals surface area contributed by atoms with E-state index in [9.17, 15) is 14.4 Å². The summed E-state index contributed by atoms with van der Waals surface area (Å²) in [4.78, 5) is 36.0. The molecule has 5 nitrogen and oxygen atoms in total. The van der Waals surface area contributed by atoms with Gasteiger partial charge in [0, 0.05) is 10.5 Å². The maximum atomic E-state index is 12.1. The summed E-state index contributed by atoms with van der Waals surface area (Å²) >= 11 is 6.47. The van der Waals surface area contributed by atoms with Gasteiger partial charge in [-0.2, -0.15) is 0 Å². The van der Waals surface area contributed by atoms with Gasteiger partial charge in [0.15, 0.2) is 12.0 Å². The Bertz CT molecular complexity index is 766. The topological polar surface area (TPSA) is 67.6 Å². The maximum absolute atomic E-state index is 12.1. The first-order valence-electron chi connectivity index (χ1n) is 5.46. The van der Waals surface area contributed by atoms with Gasteiger partial charge < -0.3 is 4.42 Å². The number of halogens is 2. The number of anilines is 2. The lowest BCUT2D eigenvalue weighted by Gasteiger charge is -2.13. The van der Waals surface area contributed by atoms with Crippen LogP contribution < -0.4 is 4.90 Å². The van der Waals surface area contributed by atoms with E-state index < -0.39 is 11.7 Å². The van der Waals surface area contributed by atoms with E-state index in [0.717, 1.165) is 4.90 Å². The Morgan fingerprint density at radius 1 is 1.15 bits per heavy atom. The molecule has 2 heterocycles. The largest absolute Gasteiger partial charge is 0.436 e. The van der Waals surface area contributed by atoms with Gasteiger partial charge in [-0.05, 0) is 34.1 Å². The van der Waals surface area contributed by atoms with Crippen LogP contribution >= 0.6 is 31.9 Å². The Kier molecular flexibility index (Phi) is 3.10. The smallest absolute Gasteiger partial charge is 0.306 e. The fourth-order valence-corrected chi connectivity index (χ4v) is 2.84. The number of aldehydes is 1. The van der Waals surface area contributed by atoms with Gasteiger partial charge in [-0.1, -0.05) is 15.9 Å². The van der Waals surface area contributed by atoms with E-state index in [1.165, 1.54) is 6.07 Å². The summed E-state index contributed by atoms with van der Waals surface area (Å²) in [5.74, 6) is -1.15. The highest BCUT2D eigenvalue weighted by atomic mass is 79.9. The number of rotatable bonds is 2. The first kappa shape index (κ1) is 13.3. The highest BCUT2D eigenvalue weighted by molar-refractivity contribution is 9.10. The molecule has 20 heavy (non-hydrogen) atoms. The summed E-state index contributed by atoms with van der Waals surface area (Å²) in [6, 6.07) is 6.37. The zero-order chi connectivity index (χ0) is 14.4. The number of nitrogens with zero attached hydrogens (tertiary/aromatic N) is 1. The molecule has 0 saturated carbocycles. The molecule has 3 rings (SSSR count). The molecule has 2 aromatic rings. The SMILES string of the molecule is O=Cc1cc(Br)c(N2C(=O)C(=O)c3cc(Br)ccc32)o1. The zero-order valence-electron chi connectivity index (χ0n) is 9.72. The number of amides is 1. The van der Waals surface area contributed by atoms with Crippen molar-refractivity contribution >= 4 is 61.4 Å². The van der Waals surface area contributed by atoms with Crippen molar-refractivity contribution < 1.29 is 18.8 Å². The average Bonchev–Trinajstić information content (AvgIpc) is 2.90. The molecule has 1 aromatic carbocycles. The van der Waals surface area contributed by atoms with Gasteiger partial charge in [0.2, 0.25) is 5.88 Å². The third-order valence-corrected chi connectivity index (χ3v) is 3.91. The second-order valence-electron chi connectivity index (χ2n) is 4.05. The molecule has 1 amide bonds. The van der Waals surface area contributed by atoms with Crippen molar-refractivity contribution in [3.05, 3.63) is 44.5 Å². The van der Waals surface area contributed by atoms with Gasteiger partial charge in [-0.3, -0.25) is 14.4 Å². The van der Waals surface area contributed by atoms with E-state index in [1.807, 2.05) is 0 Å². The summed E-state index contributed by atoms with van der Waals surface area (Å²) in [5, 5.41) is 0. The van der Waals surface area contributed by atoms with Crippen LogP contribution in [0.2, 0.25) is 0 Å². The minimum Gasteiger partial charge on any atom is -0.436 e. The molecule has 0 unspecified atom stereocenters. The summed E-state index contributed by atoms with van der Waals surface area (Å²) in [7, 11) is 0. The Morgan fingerprint density at radius 2 is 1.90 bits per heavy atom. The lowest BCUT2D eigenvalue weighted by Crippen LogP contribution is -2.24. The Morgan fingerprint density at radius 3 is 2.55 bits per heavy atom. The van der Waals surface area contributed by atoms with Crippen molar-refractivity contribution in [2.45, 2.75) is 0 Å². The number of fused-ring (bicyclic) bond motifs is 1. The van der Waals surface area contributed by atoms with Gasteiger partial charge in [0.05, 0.1) is 15.7 Å². The summed E-state index contributed by atoms with van der Waals surface area (Å²) in [6.07, 6.45) is 0.527. The molecule has 7 heteroatoms. The van der Waals surface area contributed by atoms with Gasteiger partial charge in [-0.15, -0.1) is 0 Å². The monoisotopic (exact) mass is 397 g/mol. The number of furan rings is 1. The predicted octanol–water partition coefficient (Wildman–Crippen LogP) is 3.48. The van der Waals surface area contributed by atoms with E-state index in [-0.39, 0.29) is 11.6 Å². The van der Waals surface area contributed by atoms with Crippen LogP contribution in [0, 0.1) is 0 Å². The van der Waals surface area contributed by atoms with Crippen LogP contribution in [0.5, 0.6) is 0 Å². The summed E-state index contributed by atoms with van der Waals surface area (Å²) in [5.41, 5.74) is 0.719. The number of hydrogen-bond acceptors (Lipinski definition) is 4. The van der Waals surface area contributed by atoms with Crippen molar-refractivity contribution in [3.63, 3.8) is 0 Å². The number of benzene rings is 1. The lowest BCUT2D eigenvalue weighted by atomic mass is 10.1. The number of carbonyl (C=O) groups excluding carboxylic acids is 3. The second kappa shape index (κ2) is 4.68. The van der Waals surface area contributed by atoms with Crippen LogP contribution in [-0.4, -0.2) is 18.0 Å². The Labute approximate surface area is 129 Å². The molecular weight excluding hydrogens is 394 g/mol. The summed E-state index contributed by atoms with van der Waals surface area (Å²) < 4.78 is 6.41. The molecule has 0 aliphatic carbocycles. The molecule has 0 bridgehead atoms. The van der Waals surface area contributed by atoms with E-state index in [1.54, 1.807) is 18.2 Å². The lowest BCUT2D eigenvalue weighted by molar-refractivity contribution is -0.113. The first-order valence-corrected chi connectivity index (χ1v) is 7.04. The molecule has 1 aliphatic heterocycles. The van der Waals surface area contributed by atoms with E-state index in [2.05, 4.69) is 31.9 Å². The Hall–Kier alpha value is -1.73. The molecule has 0 spiro atoms. The van der Waals surface area contributed by atoms with Crippen LogP contribution in [0.4, 0.5) is 11.6 Å². The molecule has 0 saturated heterocycles. The normalized spacial score (nSPS) is 13.8. The van der Waals surface area contributed by atoms with Crippen molar-refractivity contribution in [2.75, 3.05) is 4.90 Å². The zero-order valence-corrected chi connectivity index (χ0v) is 12.9. The van der Waals surface area contributed by atoms with Gasteiger partial charge >= 0.3 is 5.91 Å². The molecule has 0 atom stereocenters. The van der Waals surface area contributed by atoms with Crippen molar-refractivity contribution in [1.82, 2.24) is 0 Å². The molecule has 100 valence electrons. The predicted molar refractivity (Wildman–Crippen MR) is 77.4 cm³/mol. The minimum absolute atomic E-state index is 0.0673. The molecular formula is C13H5Br2NO4. The molecule has 0 radical (unpaired) electrons. The molecule has 1 aliphatic rings. The van der Waals surface area contributed by atoms with E-state index in [4.69, 9.17) is 4.42 Å². The fourth-order valence-electron chi connectivity index (χ4n) is 2.00. The van der Waals surface area contributed by atoms with Crippen molar-refractivity contribution in [1.29, 1.82) is 0 Å². The minimum atomic E-state index is -0.717. The maximum Gasteiger partial charge on any atom is 0.306 e. The van der Waals surface area contributed by atoms with Crippen molar-refractivity contribution in [3.8, 4) is 0 Å². The number of ketones is 1. The van der Waals surface area contributed by atoms with Gasteiger partial charge in [-0.25, -0.2) is 4.90 Å². The van der Waals surface area contributed by atoms with Crippen LogP contribution in [0.1, 0.15) is 20.9 Å². The molecule has 0 N–H and O–H groups in total. The third-order valence-electron chi connectivity index (χ3n) is 2.85. The second-order valence-corrected chi connectivity index (χ2v) is 5.82.